The summed E-state index contributed by atoms with van der Waals surface area (Å²) in [5.41, 5.74) is 35.1. The van der Waals surface area contributed by atoms with Crippen molar-refractivity contribution in [2.75, 3.05) is 51.3 Å². The molecule has 2 heterocycles. The number of likely N-dealkylation sites (N-methyl/N-ethyl adjacent to an activating group) is 1. The molecule has 4 rings (SSSR count). The predicted molar refractivity (Wildman–Crippen MR) is 365 cm³/mol. The molecule has 2 aromatic rings. The molecule has 0 radical (unpaired) electrons. The van der Waals surface area contributed by atoms with Crippen molar-refractivity contribution in [3.8, 4) is 0 Å². The van der Waals surface area contributed by atoms with Crippen LogP contribution in [0.5, 0.6) is 0 Å². The summed E-state index contributed by atoms with van der Waals surface area (Å²) in [7, 11) is 0. The summed E-state index contributed by atoms with van der Waals surface area (Å²) in [6.07, 6.45) is 3.30. The second-order valence-corrected chi connectivity index (χ2v) is 25.6. The van der Waals surface area contributed by atoms with E-state index in [4.69, 9.17) is 34.4 Å². The third-order valence-corrected chi connectivity index (χ3v) is 17.0. The van der Waals surface area contributed by atoms with E-state index in [1.54, 1.807) is 67.6 Å². The van der Waals surface area contributed by atoms with Crippen LogP contribution < -0.4 is 82.3 Å². The molecule has 2 fully saturated rings. The lowest BCUT2D eigenvalue weighted by molar-refractivity contribution is -0.144. The van der Waals surface area contributed by atoms with Gasteiger partial charge in [-0.3, -0.25) is 67.3 Å². The van der Waals surface area contributed by atoms with Gasteiger partial charge in [0, 0.05) is 51.9 Å². The molecule has 13 amide bonds. The lowest BCUT2D eigenvalue weighted by Crippen LogP contribution is -2.60. The van der Waals surface area contributed by atoms with Gasteiger partial charge in [-0.15, -0.1) is 0 Å². The number of guanidine groups is 1. The van der Waals surface area contributed by atoms with Crippen molar-refractivity contribution < 1.29 is 62.3 Å². The van der Waals surface area contributed by atoms with Crippen LogP contribution in [0.4, 0.5) is 0 Å². The smallest absolute Gasteiger partial charge is 0.245 e. The Kier molecular flexibility index (Phi) is 35.4. The van der Waals surface area contributed by atoms with Gasteiger partial charge in [0.2, 0.25) is 76.8 Å². The van der Waals surface area contributed by atoms with E-state index < -0.39 is 164 Å². The average Bonchev–Trinajstić information content (AvgIpc) is 1.75. The number of primary amides is 2. The SMILES string of the molecule is CCNC(=O)[C@H](CCSC)NC(=O)[C@H](CC(C)C)NC(=O)CNC(=O)[C@H](Cc1ccccc1)NC(=O)[C@H](Cc1ccccc1)NC(=O)[C@H](CCC(N)=O)NC(=O)[C@H](CCC(N)=O)NC(=O)[C@@H]1CCCN1C(=O)[C@H](CCCCN)NC(=O)[C@@H]1CCCN1C(=O)[C@@H](N)CCCN=C(N)N. The summed E-state index contributed by atoms with van der Waals surface area (Å²) in [5.74, 6) is -9.24. The topological polar surface area (TPSA) is 505 Å². The molecule has 0 bridgehead atoms. The molecule has 2 aliphatic heterocycles. The van der Waals surface area contributed by atoms with Crippen LogP contribution in [0.1, 0.15) is 128 Å². The molecule has 21 N–H and O–H groups in total. The lowest BCUT2D eigenvalue weighted by Gasteiger charge is -2.32. The zero-order valence-corrected chi connectivity index (χ0v) is 56.9. The van der Waals surface area contributed by atoms with E-state index >= 15 is 0 Å². The number of nitrogens with zero attached hydrogens (tertiary/aromatic N) is 3. The molecule has 0 aliphatic carbocycles. The zero-order valence-electron chi connectivity index (χ0n) is 56.1. The normalized spacial score (nSPS) is 16.7. The van der Waals surface area contributed by atoms with E-state index in [-0.39, 0.29) is 82.5 Å². The van der Waals surface area contributed by atoms with Crippen molar-refractivity contribution >= 4 is 94.5 Å². The molecular weight excluding hydrogens is 1270 g/mol. The van der Waals surface area contributed by atoms with E-state index in [0.717, 1.165) is 0 Å². The fraction of sp³-hybridized carbons (Fsp3) is 0.600. The minimum atomic E-state index is -1.64. The number of amides is 13. The quantitative estimate of drug-likeness (QED) is 0.0178. The zero-order chi connectivity index (χ0) is 71.6. The molecule has 0 spiro atoms. The van der Waals surface area contributed by atoms with Crippen molar-refractivity contribution in [1.82, 2.24) is 57.7 Å². The van der Waals surface area contributed by atoms with Crippen LogP contribution in [0, 0.1) is 5.92 Å². The number of rotatable bonds is 43. The van der Waals surface area contributed by atoms with Crippen molar-refractivity contribution in [2.45, 2.75) is 190 Å². The maximum Gasteiger partial charge on any atom is 0.245 e. The van der Waals surface area contributed by atoms with Gasteiger partial charge < -0.3 is 92.1 Å². The largest absolute Gasteiger partial charge is 0.370 e. The van der Waals surface area contributed by atoms with E-state index in [2.05, 4.69) is 52.8 Å². The molecule has 0 saturated carbocycles. The minimum Gasteiger partial charge on any atom is -0.370 e. The molecular formula is C65H102N18O13S. The average molecular weight is 1380 g/mol. The number of unbranched alkanes of at least 4 members (excludes halogenated alkanes) is 1. The van der Waals surface area contributed by atoms with Crippen molar-refractivity contribution in [2.24, 2.45) is 45.3 Å². The Morgan fingerprint density at radius 2 is 1.00 bits per heavy atom. The van der Waals surface area contributed by atoms with Gasteiger partial charge in [0.15, 0.2) is 5.96 Å². The highest BCUT2D eigenvalue weighted by molar-refractivity contribution is 7.98. The van der Waals surface area contributed by atoms with Crippen LogP contribution in [-0.2, 0) is 75.2 Å². The lowest BCUT2D eigenvalue weighted by atomic mass is 10.0. The van der Waals surface area contributed by atoms with Gasteiger partial charge in [-0.25, -0.2) is 0 Å². The number of hydrogen-bond donors (Lipinski definition) is 15. The van der Waals surface area contributed by atoms with Gasteiger partial charge in [0.25, 0.3) is 0 Å². The highest BCUT2D eigenvalue weighted by atomic mass is 32.2. The third-order valence-electron chi connectivity index (χ3n) is 16.4. The number of carbonyl (C=O) groups is 13. The van der Waals surface area contributed by atoms with Crippen LogP contribution in [0.15, 0.2) is 65.7 Å². The summed E-state index contributed by atoms with van der Waals surface area (Å²) in [6, 6.07) is 4.75. The number of likely N-dealkylation sites (tertiary alicyclic amines) is 2. The molecule has 10 atom stereocenters. The minimum absolute atomic E-state index is 0.0752. The maximum absolute atomic E-state index is 14.7. The highest BCUT2D eigenvalue weighted by Crippen LogP contribution is 2.24. The highest BCUT2D eigenvalue weighted by Gasteiger charge is 2.42. The fourth-order valence-corrected chi connectivity index (χ4v) is 11.8. The fourth-order valence-electron chi connectivity index (χ4n) is 11.3. The van der Waals surface area contributed by atoms with Gasteiger partial charge in [0.05, 0.1) is 12.6 Å². The van der Waals surface area contributed by atoms with Crippen LogP contribution >= 0.6 is 11.8 Å². The predicted octanol–water partition coefficient (Wildman–Crippen LogP) is -3.06. The molecule has 97 heavy (non-hydrogen) atoms. The Balaban J connectivity index is 1.57. The second-order valence-electron chi connectivity index (χ2n) is 24.6. The first-order chi connectivity index (χ1) is 46.3. The molecule has 0 unspecified atom stereocenters. The van der Waals surface area contributed by atoms with Gasteiger partial charge in [-0.1, -0.05) is 74.5 Å². The van der Waals surface area contributed by atoms with E-state index in [1.807, 2.05) is 20.1 Å². The number of carbonyl (C=O) groups excluding carboxylic acids is 13. The first-order valence-corrected chi connectivity index (χ1v) is 34.6. The third kappa shape index (κ3) is 28.4. The Morgan fingerprint density at radius 3 is 1.49 bits per heavy atom. The number of aliphatic imine (C=N–C) groups is 1. The molecule has 0 aromatic heterocycles. The second kappa shape index (κ2) is 42.6. The number of nitrogens with two attached hydrogens (primary N) is 6. The van der Waals surface area contributed by atoms with Crippen molar-refractivity contribution in [1.29, 1.82) is 0 Å². The Bertz CT molecular complexity index is 3000. The first-order valence-electron chi connectivity index (χ1n) is 33.2. The van der Waals surface area contributed by atoms with E-state index in [1.165, 1.54) is 21.6 Å². The van der Waals surface area contributed by atoms with Crippen LogP contribution in [0.3, 0.4) is 0 Å². The maximum atomic E-state index is 14.7. The Morgan fingerprint density at radius 1 is 0.536 bits per heavy atom. The molecule has 2 aliphatic rings. The van der Waals surface area contributed by atoms with Crippen LogP contribution in [-0.4, -0.2) is 204 Å². The summed E-state index contributed by atoms with van der Waals surface area (Å²) in [5, 5.41) is 24.1. The van der Waals surface area contributed by atoms with Crippen molar-refractivity contribution in [3.63, 3.8) is 0 Å². The van der Waals surface area contributed by atoms with E-state index in [9.17, 15) is 62.3 Å². The van der Waals surface area contributed by atoms with Gasteiger partial charge in [-0.2, -0.15) is 11.8 Å². The van der Waals surface area contributed by atoms with Crippen LogP contribution in [0.2, 0.25) is 0 Å². The summed E-state index contributed by atoms with van der Waals surface area (Å²) in [4.78, 5) is 186. The standard InChI is InChI=1S/C65H102N18O13S/c1-5-72-55(87)45(29-34-97-4)77-59(91)47(35-39(2)3)75-54(86)38-74-56(88)48(36-40-17-8-6-9-18-40)80-60(92)49(37-41-19-10-7-11-20-41)81-58(90)43(25-27-52(68)84)76-57(89)44(26-28-53(69)85)78-61(93)51-24-16-33-83(51)64(96)46(22-12-13-30-66)79-62(94)50-23-15-32-82(50)63(95)42(67)21-14-31-73-65(70)71/h6-11,17-20,39,42-51H,5,12-16,21-38,66-67H2,1-4H3,(H2,68,84)(H2,69,85)(H,72,87)(H,74,88)(H,75,86)(H,76,89)(H,77,91)(H,78,93)(H,79,94)(H,80,92)(H,81,90)(H4,70,71,73)/t42-,43-,44-,45-,46-,47-,48-,49-,50-,51-/m0/s1. The molecule has 2 aromatic carbocycles. The van der Waals surface area contributed by atoms with Gasteiger partial charge in [0.1, 0.15) is 54.4 Å². The number of thioether (sulfide) groups is 1. The number of benzene rings is 2. The van der Waals surface area contributed by atoms with Gasteiger partial charge in [-0.05, 0) is 126 Å². The summed E-state index contributed by atoms with van der Waals surface area (Å²) < 4.78 is 0. The number of hydrogen-bond acceptors (Lipinski definition) is 17. The Hall–Kier alpha value is -8.91. The monoisotopic (exact) mass is 1370 g/mol. The first kappa shape index (κ1) is 80.5. The summed E-state index contributed by atoms with van der Waals surface area (Å²) >= 11 is 1.50. The van der Waals surface area contributed by atoms with Gasteiger partial charge >= 0.3 is 0 Å². The van der Waals surface area contributed by atoms with Crippen molar-refractivity contribution in [3.05, 3.63) is 71.8 Å². The van der Waals surface area contributed by atoms with E-state index in [0.29, 0.717) is 68.4 Å². The number of nitrogens with one attached hydrogen (secondary N) is 9. The molecule has 32 heteroatoms. The molecule has 2 saturated heterocycles. The van der Waals surface area contributed by atoms with Crippen LogP contribution in [0.25, 0.3) is 0 Å². The Labute approximate surface area is 570 Å². The molecule has 536 valence electrons. The molecule has 31 nitrogen and oxygen atoms in total. The summed E-state index contributed by atoms with van der Waals surface area (Å²) in [6.45, 7) is 6.02.